The minimum atomic E-state index is -4.44. The molecule has 1 saturated heterocycles. The summed E-state index contributed by atoms with van der Waals surface area (Å²) in [4.78, 5) is 32.0. The first-order valence-electron chi connectivity index (χ1n) is 11.4. The molecule has 0 aliphatic carbocycles. The minimum Gasteiger partial charge on any atom is -0.484 e. The molecule has 2 aromatic carbocycles. The lowest BCUT2D eigenvalue weighted by Crippen LogP contribution is -2.52. The number of aliphatic hydroxyl groups excluding tert-OH is 1. The van der Waals surface area contributed by atoms with E-state index in [9.17, 15) is 22.8 Å². The van der Waals surface area contributed by atoms with Gasteiger partial charge in [0.05, 0.1) is 5.56 Å². The van der Waals surface area contributed by atoms with Gasteiger partial charge in [0.2, 0.25) is 5.91 Å². The maximum absolute atomic E-state index is 13.0. The fourth-order valence-electron chi connectivity index (χ4n) is 3.66. The number of hydrogen-bond acceptors (Lipinski definition) is 6. The van der Waals surface area contributed by atoms with Crippen molar-refractivity contribution in [3.63, 3.8) is 0 Å². The van der Waals surface area contributed by atoms with Gasteiger partial charge in [-0.25, -0.2) is 0 Å². The lowest BCUT2D eigenvalue weighted by atomic mass is 10.1. The van der Waals surface area contributed by atoms with Crippen LogP contribution in [0.15, 0.2) is 53.7 Å². The molecule has 0 atom stereocenters. The Hall–Kier alpha value is -3.60. The topological polar surface area (TPSA) is 91.7 Å². The standard InChI is InChI=1S/C25H28F3N3O5/c26-25(27,28)22-6-2-1-5-20(22)17-36-29-11-3-4-19-7-9-21(10-8-19)35-18-24(34)31-14-12-30(13-15-31)23(33)16-32/h1-2,5-11,32H,3-4,12-18H2. The number of nitrogens with zero attached hydrogens (tertiary/aromatic N) is 3. The molecule has 8 nitrogen and oxygen atoms in total. The summed E-state index contributed by atoms with van der Waals surface area (Å²) in [6.07, 6.45) is -1.76. The number of carbonyl (C=O) groups is 2. The van der Waals surface area contributed by atoms with Gasteiger partial charge in [0.15, 0.2) is 6.61 Å². The van der Waals surface area contributed by atoms with Crippen molar-refractivity contribution in [2.45, 2.75) is 25.6 Å². The lowest BCUT2D eigenvalue weighted by Gasteiger charge is -2.34. The third-order valence-electron chi connectivity index (χ3n) is 5.66. The predicted octanol–water partition coefficient (Wildman–Crippen LogP) is 2.88. The summed E-state index contributed by atoms with van der Waals surface area (Å²) >= 11 is 0. The van der Waals surface area contributed by atoms with Gasteiger partial charge in [0.1, 0.15) is 19.0 Å². The molecule has 1 heterocycles. The number of piperazine rings is 1. The second kappa shape index (κ2) is 12.9. The Kier molecular flexibility index (Phi) is 9.69. The van der Waals surface area contributed by atoms with Crippen molar-refractivity contribution in [1.82, 2.24) is 9.80 Å². The number of amides is 2. The normalized spacial score (nSPS) is 14.2. The third-order valence-corrected chi connectivity index (χ3v) is 5.66. The van der Waals surface area contributed by atoms with Crippen LogP contribution in [0.25, 0.3) is 0 Å². The molecule has 3 rings (SSSR count). The van der Waals surface area contributed by atoms with E-state index >= 15 is 0 Å². The number of ether oxygens (including phenoxy) is 1. The van der Waals surface area contributed by atoms with Crippen LogP contribution >= 0.6 is 0 Å². The molecule has 0 spiro atoms. The van der Waals surface area contributed by atoms with Crippen molar-refractivity contribution in [1.29, 1.82) is 0 Å². The third kappa shape index (κ3) is 7.98. The van der Waals surface area contributed by atoms with Crippen LogP contribution in [0.2, 0.25) is 0 Å². The van der Waals surface area contributed by atoms with E-state index in [0.29, 0.717) is 44.8 Å². The average Bonchev–Trinajstić information content (AvgIpc) is 2.89. The molecule has 0 saturated carbocycles. The zero-order valence-electron chi connectivity index (χ0n) is 19.6. The van der Waals surface area contributed by atoms with Gasteiger partial charge in [-0.05, 0) is 36.6 Å². The van der Waals surface area contributed by atoms with Crippen molar-refractivity contribution >= 4 is 18.0 Å². The molecule has 11 heteroatoms. The lowest BCUT2D eigenvalue weighted by molar-refractivity contribution is -0.142. The van der Waals surface area contributed by atoms with Gasteiger partial charge in [-0.15, -0.1) is 0 Å². The summed E-state index contributed by atoms with van der Waals surface area (Å²) in [6.45, 7) is 0.639. The van der Waals surface area contributed by atoms with Gasteiger partial charge in [0, 0.05) is 38.0 Å². The first kappa shape index (κ1) is 27.0. The summed E-state index contributed by atoms with van der Waals surface area (Å²) in [6, 6.07) is 12.4. The number of benzene rings is 2. The van der Waals surface area contributed by atoms with Gasteiger partial charge in [-0.2, -0.15) is 13.2 Å². The van der Waals surface area contributed by atoms with Crippen molar-refractivity contribution in [2.24, 2.45) is 5.16 Å². The monoisotopic (exact) mass is 507 g/mol. The van der Waals surface area contributed by atoms with Crippen LogP contribution in [0, 0.1) is 0 Å². The number of rotatable bonds is 10. The van der Waals surface area contributed by atoms with Crippen LogP contribution in [0.3, 0.4) is 0 Å². The van der Waals surface area contributed by atoms with E-state index in [-0.39, 0.29) is 30.6 Å². The van der Waals surface area contributed by atoms with Gasteiger partial charge >= 0.3 is 6.18 Å². The van der Waals surface area contributed by atoms with E-state index in [1.165, 1.54) is 29.3 Å². The highest BCUT2D eigenvalue weighted by atomic mass is 19.4. The van der Waals surface area contributed by atoms with Crippen molar-refractivity contribution in [2.75, 3.05) is 39.4 Å². The zero-order chi connectivity index (χ0) is 26.0. The number of aliphatic hydroxyl groups is 1. The maximum atomic E-state index is 13.0. The summed E-state index contributed by atoms with van der Waals surface area (Å²) in [5.74, 6) is 0.0229. The smallest absolute Gasteiger partial charge is 0.416 e. The first-order valence-corrected chi connectivity index (χ1v) is 11.4. The molecule has 0 radical (unpaired) electrons. The Labute approximate surface area is 206 Å². The molecule has 1 fully saturated rings. The molecular formula is C25H28F3N3O5. The van der Waals surface area contributed by atoms with Gasteiger partial charge in [-0.3, -0.25) is 9.59 Å². The van der Waals surface area contributed by atoms with E-state index in [2.05, 4.69) is 5.16 Å². The van der Waals surface area contributed by atoms with Gasteiger partial charge in [-0.1, -0.05) is 35.5 Å². The molecule has 0 bridgehead atoms. The summed E-state index contributed by atoms with van der Waals surface area (Å²) < 4.78 is 44.5. The second-order valence-corrected chi connectivity index (χ2v) is 8.11. The number of aryl methyl sites for hydroxylation is 1. The summed E-state index contributed by atoms with van der Waals surface area (Å²) in [5.41, 5.74) is 0.281. The van der Waals surface area contributed by atoms with Crippen LogP contribution < -0.4 is 4.74 Å². The van der Waals surface area contributed by atoms with E-state index in [1.54, 1.807) is 17.0 Å². The molecule has 0 aromatic heterocycles. The Morgan fingerprint density at radius 1 is 0.972 bits per heavy atom. The Morgan fingerprint density at radius 3 is 2.25 bits per heavy atom. The highest BCUT2D eigenvalue weighted by molar-refractivity contribution is 5.79. The molecule has 2 aromatic rings. The SMILES string of the molecule is O=C(CO)N1CCN(C(=O)COc2ccc(CCC=NOCc3ccccc3C(F)(F)F)cc2)CC1. The second-order valence-electron chi connectivity index (χ2n) is 8.11. The number of alkyl halides is 3. The van der Waals surface area contributed by atoms with Crippen molar-refractivity contribution in [3.8, 4) is 5.75 Å². The maximum Gasteiger partial charge on any atom is 0.416 e. The van der Waals surface area contributed by atoms with Crippen LogP contribution in [0.1, 0.15) is 23.1 Å². The Bertz CT molecular complexity index is 1040. The summed E-state index contributed by atoms with van der Waals surface area (Å²) in [7, 11) is 0. The van der Waals surface area contributed by atoms with Crippen LogP contribution in [-0.4, -0.2) is 72.3 Å². The summed E-state index contributed by atoms with van der Waals surface area (Å²) in [5, 5.41) is 12.7. The number of carbonyl (C=O) groups excluding carboxylic acids is 2. The quantitative estimate of drug-likeness (QED) is 0.395. The molecular weight excluding hydrogens is 479 g/mol. The molecule has 36 heavy (non-hydrogen) atoms. The molecule has 2 amide bonds. The van der Waals surface area contributed by atoms with E-state index in [4.69, 9.17) is 14.7 Å². The van der Waals surface area contributed by atoms with Crippen molar-refractivity contribution < 1.29 is 37.4 Å². The van der Waals surface area contributed by atoms with Crippen LogP contribution in [0.4, 0.5) is 13.2 Å². The van der Waals surface area contributed by atoms with Crippen LogP contribution in [0.5, 0.6) is 5.75 Å². The van der Waals surface area contributed by atoms with Gasteiger partial charge < -0.3 is 24.5 Å². The fourth-order valence-corrected chi connectivity index (χ4v) is 3.66. The van der Waals surface area contributed by atoms with E-state index in [1.807, 2.05) is 12.1 Å². The molecule has 1 N–H and O–H groups in total. The predicted molar refractivity (Wildman–Crippen MR) is 125 cm³/mol. The highest BCUT2D eigenvalue weighted by Gasteiger charge is 2.33. The number of oxime groups is 1. The Morgan fingerprint density at radius 2 is 1.61 bits per heavy atom. The molecule has 1 aliphatic rings. The molecule has 194 valence electrons. The van der Waals surface area contributed by atoms with E-state index in [0.717, 1.165) is 11.6 Å². The van der Waals surface area contributed by atoms with Crippen molar-refractivity contribution in [3.05, 3.63) is 65.2 Å². The average molecular weight is 508 g/mol. The largest absolute Gasteiger partial charge is 0.484 e. The van der Waals surface area contributed by atoms with Crippen LogP contribution in [-0.2, 0) is 33.6 Å². The molecule has 0 unspecified atom stereocenters. The first-order chi connectivity index (χ1) is 17.3. The van der Waals surface area contributed by atoms with E-state index < -0.39 is 18.3 Å². The number of halogens is 3. The zero-order valence-corrected chi connectivity index (χ0v) is 19.6. The number of hydrogen-bond donors (Lipinski definition) is 1. The van der Waals surface area contributed by atoms with Gasteiger partial charge in [0.25, 0.3) is 5.91 Å². The highest BCUT2D eigenvalue weighted by Crippen LogP contribution is 2.32. The Balaban J connectivity index is 1.35. The fraction of sp³-hybridized carbons (Fsp3) is 0.400. The minimum absolute atomic E-state index is 0.0234. The molecule has 1 aliphatic heterocycles.